The number of rotatable bonds is 8. The number of alkyl halides is 2. The second-order valence-corrected chi connectivity index (χ2v) is 6.66. The molecular formula is C21H22F2N2O4. The van der Waals surface area contributed by atoms with Gasteiger partial charge in [-0.05, 0) is 41.8 Å². The number of nitrogens with one attached hydrogen (secondary N) is 1. The number of ether oxygens (including phenoxy) is 2. The fourth-order valence-electron chi connectivity index (χ4n) is 3.15. The predicted octanol–water partition coefficient (Wildman–Crippen LogP) is 3.35. The van der Waals surface area contributed by atoms with E-state index in [1.165, 1.54) is 19.2 Å². The molecule has 1 aliphatic rings. The standard InChI is InChI=1S/C21H22F2N2O4/c1-28-18-11-15(6-9-17(18)29-21(22)23)12-24-20(27)16-7-4-14(5-8-16)13-25-10-2-3-19(25)26/h4-9,11,21H,2-3,10,12-13H2,1H3,(H,24,27). The van der Waals surface area contributed by atoms with Crippen molar-refractivity contribution in [2.75, 3.05) is 13.7 Å². The molecule has 2 amide bonds. The van der Waals surface area contributed by atoms with E-state index in [4.69, 9.17) is 4.74 Å². The Bertz CT molecular complexity index is 871. The van der Waals surface area contributed by atoms with E-state index in [2.05, 4.69) is 10.1 Å². The third-order valence-corrected chi connectivity index (χ3v) is 4.66. The van der Waals surface area contributed by atoms with Gasteiger partial charge < -0.3 is 19.7 Å². The Morgan fingerprint density at radius 3 is 2.48 bits per heavy atom. The van der Waals surface area contributed by atoms with Gasteiger partial charge in [-0.15, -0.1) is 0 Å². The smallest absolute Gasteiger partial charge is 0.387 e. The lowest BCUT2D eigenvalue weighted by molar-refractivity contribution is -0.128. The number of nitrogens with zero attached hydrogens (tertiary/aromatic N) is 1. The maximum Gasteiger partial charge on any atom is 0.387 e. The molecule has 3 rings (SSSR count). The summed E-state index contributed by atoms with van der Waals surface area (Å²) in [5.41, 5.74) is 2.14. The molecule has 0 saturated carbocycles. The Kier molecular flexibility index (Phi) is 6.64. The Morgan fingerprint density at radius 1 is 1.14 bits per heavy atom. The summed E-state index contributed by atoms with van der Waals surface area (Å²) in [5, 5.41) is 2.78. The van der Waals surface area contributed by atoms with E-state index < -0.39 is 6.61 Å². The molecule has 154 valence electrons. The average molecular weight is 404 g/mol. The largest absolute Gasteiger partial charge is 0.493 e. The molecule has 1 fully saturated rings. The molecule has 0 aromatic heterocycles. The van der Waals surface area contributed by atoms with Gasteiger partial charge in [-0.25, -0.2) is 0 Å². The van der Waals surface area contributed by atoms with Gasteiger partial charge in [0.2, 0.25) is 5.91 Å². The van der Waals surface area contributed by atoms with Crippen LogP contribution in [0.4, 0.5) is 8.78 Å². The zero-order chi connectivity index (χ0) is 20.8. The molecule has 0 aliphatic carbocycles. The number of methoxy groups -OCH3 is 1. The number of hydrogen-bond donors (Lipinski definition) is 1. The quantitative estimate of drug-likeness (QED) is 0.733. The lowest BCUT2D eigenvalue weighted by Gasteiger charge is -2.15. The molecule has 0 spiro atoms. The van der Waals surface area contributed by atoms with Crippen LogP contribution in [-0.2, 0) is 17.9 Å². The van der Waals surface area contributed by atoms with Crippen LogP contribution in [0.2, 0.25) is 0 Å². The number of carbonyl (C=O) groups is 2. The molecule has 0 unspecified atom stereocenters. The second kappa shape index (κ2) is 9.36. The minimum Gasteiger partial charge on any atom is -0.493 e. The molecule has 1 N–H and O–H groups in total. The first-order valence-electron chi connectivity index (χ1n) is 9.23. The van der Waals surface area contributed by atoms with Crippen molar-refractivity contribution in [1.82, 2.24) is 10.2 Å². The fourth-order valence-corrected chi connectivity index (χ4v) is 3.15. The van der Waals surface area contributed by atoms with E-state index in [1.54, 1.807) is 18.2 Å². The lowest BCUT2D eigenvalue weighted by atomic mass is 10.1. The zero-order valence-electron chi connectivity index (χ0n) is 16.0. The summed E-state index contributed by atoms with van der Waals surface area (Å²) in [4.78, 5) is 25.9. The molecule has 1 heterocycles. The monoisotopic (exact) mass is 404 g/mol. The summed E-state index contributed by atoms with van der Waals surface area (Å²) >= 11 is 0. The average Bonchev–Trinajstić information content (AvgIpc) is 3.11. The number of likely N-dealkylation sites (tertiary alicyclic amines) is 1. The van der Waals surface area contributed by atoms with Gasteiger partial charge in [0.05, 0.1) is 7.11 Å². The van der Waals surface area contributed by atoms with Crippen LogP contribution in [0.5, 0.6) is 11.5 Å². The van der Waals surface area contributed by atoms with Crippen molar-refractivity contribution in [2.45, 2.75) is 32.5 Å². The number of amides is 2. The van der Waals surface area contributed by atoms with E-state index in [1.807, 2.05) is 17.0 Å². The van der Waals surface area contributed by atoms with Gasteiger partial charge in [-0.2, -0.15) is 8.78 Å². The van der Waals surface area contributed by atoms with E-state index in [0.717, 1.165) is 18.5 Å². The highest BCUT2D eigenvalue weighted by atomic mass is 19.3. The summed E-state index contributed by atoms with van der Waals surface area (Å²) in [5.74, 6) is -0.00426. The molecule has 0 radical (unpaired) electrons. The molecule has 1 aliphatic heterocycles. The molecule has 0 bridgehead atoms. The van der Waals surface area contributed by atoms with Crippen molar-refractivity contribution in [3.63, 3.8) is 0 Å². The van der Waals surface area contributed by atoms with Gasteiger partial charge in [0.15, 0.2) is 11.5 Å². The van der Waals surface area contributed by atoms with E-state index in [9.17, 15) is 18.4 Å². The van der Waals surface area contributed by atoms with Gasteiger partial charge >= 0.3 is 6.61 Å². The first-order chi connectivity index (χ1) is 14.0. The molecule has 2 aromatic carbocycles. The van der Waals surface area contributed by atoms with Crippen LogP contribution in [0, 0.1) is 0 Å². The molecule has 8 heteroatoms. The number of carbonyl (C=O) groups excluding carboxylic acids is 2. The Hall–Kier alpha value is -3.16. The zero-order valence-corrected chi connectivity index (χ0v) is 16.0. The summed E-state index contributed by atoms with van der Waals surface area (Å²) in [6.07, 6.45) is 1.49. The summed E-state index contributed by atoms with van der Waals surface area (Å²) in [6.45, 7) is -1.42. The molecular weight excluding hydrogens is 382 g/mol. The van der Waals surface area contributed by atoms with Gasteiger partial charge in [-0.3, -0.25) is 9.59 Å². The predicted molar refractivity (Wildman–Crippen MR) is 102 cm³/mol. The van der Waals surface area contributed by atoms with Gasteiger partial charge in [0.1, 0.15) is 0 Å². The van der Waals surface area contributed by atoms with Crippen LogP contribution < -0.4 is 14.8 Å². The first kappa shape index (κ1) is 20.6. The van der Waals surface area contributed by atoms with Crippen molar-refractivity contribution >= 4 is 11.8 Å². The molecule has 29 heavy (non-hydrogen) atoms. The highest BCUT2D eigenvalue weighted by Gasteiger charge is 2.20. The first-order valence-corrected chi connectivity index (χ1v) is 9.23. The van der Waals surface area contributed by atoms with Crippen molar-refractivity contribution in [3.05, 3.63) is 59.2 Å². The summed E-state index contributed by atoms with van der Waals surface area (Å²) < 4.78 is 34.2. The van der Waals surface area contributed by atoms with Crippen LogP contribution in [0.1, 0.15) is 34.3 Å². The van der Waals surface area contributed by atoms with Crippen molar-refractivity contribution in [1.29, 1.82) is 0 Å². The SMILES string of the molecule is COc1cc(CNC(=O)c2ccc(CN3CCCC3=O)cc2)ccc1OC(F)F. The third kappa shape index (κ3) is 5.43. The van der Waals surface area contributed by atoms with Gasteiger partial charge in [-0.1, -0.05) is 18.2 Å². The highest BCUT2D eigenvalue weighted by Crippen LogP contribution is 2.29. The van der Waals surface area contributed by atoms with E-state index >= 15 is 0 Å². The van der Waals surface area contributed by atoms with Gasteiger partial charge in [0.25, 0.3) is 5.91 Å². The number of halogens is 2. The highest BCUT2D eigenvalue weighted by molar-refractivity contribution is 5.94. The molecule has 2 aromatic rings. The Balaban J connectivity index is 1.57. The van der Waals surface area contributed by atoms with E-state index in [0.29, 0.717) is 24.1 Å². The van der Waals surface area contributed by atoms with Crippen molar-refractivity contribution in [3.8, 4) is 11.5 Å². The molecule has 1 saturated heterocycles. The number of hydrogen-bond acceptors (Lipinski definition) is 4. The molecule has 6 nitrogen and oxygen atoms in total. The van der Waals surface area contributed by atoms with Gasteiger partial charge in [0, 0.05) is 31.6 Å². The second-order valence-electron chi connectivity index (χ2n) is 6.66. The normalized spacial score (nSPS) is 13.7. The van der Waals surface area contributed by atoms with Crippen molar-refractivity contribution < 1.29 is 27.8 Å². The van der Waals surface area contributed by atoms with Crippen LogP contribution in [0.25, 0.3) is 0 Å². The van der Waals surface area contributed by atoms with Crippen LogP contribution >= 0.6 is 0 Å². The summed E-state index contributed by atoms with van der Waals surface area (Å²) in [7, 11) is 1.35. The van der Waals surface area contributed by atoms with Crippen LogP contribution in [0.15, 0.2) is 42.5 Å². The van der Waals surface area contributed by atoms with Crippen molar-refractivity contribution in [2.24, 2.45) is 0 Å². The third-order valence-electron chi connectivity index (χ3n) is 4.66. The fraction of sp³-hybridized carbons (Fsp3) is 0.333. The van der Waals surface area contributed by atoms with E-state index in [-0.39, 0.29) is 29.9 Å². The number of benzene rings is 2. The maximum atomic E-state index is 12.4. The topological polar surface area (TPSA) is 67.9 Å². The lowest BCUT2D eigenvalue weighted by Crippen LogP contribution is -2.24. The summed E-state index contributed by atoms with van der Waals surface area (Å²) in [6, 6.07) is 11.6. The Morgan fingerprint density at radius 2 is 1.86 bits per heavy atom. The maximum absolute atomic E-state index is 12.4. The molecule has 0 atom stereocenters. The Labute approximate surface area is 167 Å². The van der Waals surface area contributed by atoms with Crippen LogP contribution in [0.3, 0.4) is 0 Å². The van der Waals surface area contributed by atoms with Crippen LogP contribution in [-0.4, -0.2) is 37.0 Å². The minimum absolute atomic E-state index is 0.0651. The minimum atomic E-state index is -2.94.